The number of rotatable bonds is 5. The third-order valence-electron chi connectivity index (χ3n) is 2.86. The molecule has 0 radical (unpaired) electrons. The average molecular weight is 349 g/mol. The van der Waals surface area contributed by atoms with Gasteiger partial charge in [-0.1, -0.05) is 6.92 Å². The number of carbonyl (C=O) groups is 1. The third-order valence-corrected chi connectivity index (χ3v) is 3.69. The Bertz CT molecular complexity index is 645. The summed E-state index contributed by atoms with van der Waals surface area (Å²) < 4.78 is 0.907. The first-order chi connectivity index (χ1) is 10.1. The van der Waals surface area contributed by atoms with Crippen molar-refractivity contribution in [2.45, 2.75) is 20.3 Å². The fraction of sp³-hybridized carbons (Fsp3) is 0.267. The zero-order valence-electron chi connectivity index (χ0n) is 12.0. The fourth-order valence-corrected chi connectivity index (χ4v) is 1.94. The lowest BCUT2D eigenvalue weighted by atomic mass is 10.2. The first kappa shape index (κ1) is 15.4. The number of hydrogen-bond donors (Lipinski definition) is 2. The maximum absolute atomic E-state index is 12.2. The highest BCUT2D eigenvalue weighted by atomic mass is 79.9. The molecular formula is C15H17BrN4O. The molecule has 0 atom stereocenters. The van der Waals surface area contributed by atoms with Gasteiger partial charge in [-0.3, -0.25) is 9.78 Å². The van der Waals surface area contributed by atoms with Crippen LogP contribution in [-0.2, 0) is 0 Å². The van der Waals surface area contributed by atoms with Gasteiger partial charge in [-0.15, -0.1) is 0 Å². The van der Waals surface area contributed by atoms with Gasteiger partial charge in [0, 0.05) is 29.1 Å². The van der Waals surface area contributed by atoms with Crippen molar-refractivity contribution in [2.24, 2.45) is 0 Å². The maximum Gasteiger partial charge on any atom is 0.275 e. The molecule has 0 fully saturated rings. The topological polar surface area (TPSA) is 66.9 Å². The molecule has 0 aromatic carbocycles. The minimum Gasteiger partial charge on any atom is -0.385 e. The Balaban J connectivity index is 2.10. The number of pyridine rings is 2. The van der Waals surface area contributed by atoms with Gasteiger partial charge < -0.3 is 10.6 Å². The van der Waals surface area contributed by atoms with Crippen molar-refractivity contribution < 1.29 is 4.79 Å². The van der Waals surface area contributed by atoms with Crippen LogP contribution in [-0.4, -0.2) is 22.4 Å². The van der Waals surface area contributed by atoms with Crippen LogP contribution in [0.5, 0.6) is 0 Å². The van der Waals surface area contributed by atoms with Gasteiger partial charge in [-0.05, 0) is 53.0 Å². The predicted octanol–water partition coefficient (Wildman–Crippen LogP) is 3.62. The monoisotopic (exact) mass is 348 g/mol. The largest absolute Gasteiger partial charge is 0.385 e. The number of carbonyl (C=O) groups excluding carboxylic acids is 1. The van der Waals surface area contributed by atoms with Crippen LogP contribution in [0.3, 0.4) is 0 Å². The van der Waals surface area contributed by atoms with E-state index in [4.69, 9.17) is 0 Å². The molecule has 6 heteroatoms. The Kier molecular flexibility index (Phi) is 5.27. The molecule has 0 spiro atoms. The van der Waals surface area contributed by atoms with Crippen LogP contribution in [0.2, 0.25) is 0 Å². The predicted molar refractivity (Wildman–Crippen MR) is 87.6 cm³/mol. The SMILES string of the molecule is CCCNc1ccnc(C(=O)Nc2cc(C)c(Br)cn2)c1. The lowest BCUT2D eigenvalue weighted by Crippen LogP contribution is -2.15. The Morgan fingerprint density at radius 2 is 2.14 bits per heavy atom. The Morgan fingerprint density at radius 1 is 1.33 bits per heavy atom. The van der Waals surface area contributed by atoms with Crippen LogP contribution < -0.4 is 10.6 Å². The smallest absolute Gasteiger partial charge is 0.275 e. The van der Waals surface area contributed by atoms with E-state index in [1.807, 2.05) is 13.0 Å². The number of halogens is 1. The van der Waals surface area contributed by atoms with Gasteiger partial charge >= 0.3 is 0 Å². The molecule has 0 saturated heterocycles. The number of anilines is 2. The van der Waals surface area contributed by atoms with Crippen LogP contribution in [0.1, 0.15) is 29.4 Å². The molecule has 2 N–H and O–H groups in total. The normalized spacial score (nSPS) is 10.2. The van der Waals surface area contributed by atoms with E-state index in [2.05, 4.69) is 43.5 Å². The summed E-state index contributed by atoms with van der Waals surface area (Å²) in [6.07, 6.45) is 4.30. The molecule has 0 aliphatic heterocycles. The second kappa shape index (κ2) is 7.17. The van der Waals surface area contributed by atoms with E-state index in [1.165, 1.54) is 0 Å². The number of aryl methyl sites for hydroxylation is 1. The van der Waals surface area contributed by atoms with Crippen LogP contribution in [0.25, 0.3) is 0 Å². The van der Waals surface area contributed by atoms with E-state index >= 15 is 0 Å². The van der Waals surface area contributed by atoms with E-state index in [0.717, 1.165) is 28.7 Å². The summed E-state index contributed by atoms with van der Waals surface area (Å²) >= 11 is 3.38. The molecule has 0 aliphatic rings. The highest BCUT2D eigenvalue weighted by Crippen LogP contribution is 2.18. The zero-order valence-corrected chi connectivity index (χ0v) is 13.6. The van der Waals surface area contributed by atoms with Crippen LogP contribution >= 0.6 is 15.9 Å². The van der Waals surface area contributed by atoms with Crippen molar-refractivity contribution in [1.82, 2.24) is 9.97 Å². The van der Waals surface area contributed by atoms with E-state index in [-0.39, 0.29) is 5.91 Å². The molecule has 21 heavy (non-hydrogen) atoms. The average Bonchev–Trinajstić information content (AvgIpc) is 2.49. The molecule has 0 unspecified atom stereocenters. The van der Waals surface area contributed by atoms with E-state index < -0.39 is 0 Å². The van der Waals surface area contributed by atoms with Gasteiger partial charge in [-0.2, -0.15) is 0 Å². The fourth-order valence-electron chi connectivity index (χ4n) is 1.72. The van der Waals surface area contributed by atoms with Crippen molar-refractivity contribution in [3.63, 3.8) is 0 Å². The minimum atomic E-state index is -0.274. The molecule has 2 aromatic heterocycles. The van der Waals surface area contributed by atoms with E-state index in [9.17, 15) is 4.79 Å². The van der Waals surface area contributed by atoms with Crippen molar-refractivity contribution in [3.8, 4) is 0 Å². The van der Waals surface area contributed by atoms with E-state index in [1.54, 1.807) is 24.5 Å². The summed E-state index contributed by atoms with van der Waals surface area (Å²) in [6.45, 7) is 4.89. The first-order valence-corrected chi connectivity index (χ1v) is 7.53. The highest BCUT2D eigenvalue weighted by Gasteiger charge is 2.09. The number of nitrogens with zero attached hydrogens (tertiary/aromatic N) is 2. The molecule has 1 amide bonds. The van der Waals surface area contributed by atoms with Crippen molar-refractivity contribution in [2.75, 3.05) is 17.2 Å². The van der Waals surface area contributed by atoms with Gasteiger partial charge in [0.15, 0.2) is 0 Å². The quantitative estimate of drug-likeness (QED) is 0.865. The molecular weight excluding hydrogens is 332 g/mol. The lowest BCUT2D eigenvalue weighted by molar-refractivity contribution is 0.102. The molecule has 2 rings (SSSR count). The van der Waals surface area contributed by atoms with Gasteiger partial charge in [0.1, 0.15) is 11.5 Å². The summed E-state index contributed by atoms with van der Waals surface area (Å²) in [5, 5.41) is 5.98. The molecule has 0 aliphatic carbocycles. The number of amides is 1. The third kappa shape index (κ3) is 4.26. The summed E-state index contributed by atoms with van der Waals surface area (Å²) in [5.74, 6) is 0.235. The van der Waals surface area contributed by atoms with Crippen LogP contribution in [0.15, 0.2) is 35.1 Å². The molecule has 2 aromatic rings. The van der Waals surface area contributed by atoms with E-state index in [0.29, 0.717) is 11.5 Å². The molecule has 5 nitrogen and oxygen atoms in total. The molecule has 2 heterocycles. The Morgan fingerprint density at radius 3 is 2.86 bits per heavy atom. The molecule has 0 saturated carbocycles. The lowest BCUT2D eigenvalue weighted by Gasteiger charge is -2.08. The summed E-state index contributed by atoms with van der Waals surface area (Å²) in [5.41, 5.74) is 2.25. The summed E-state index contributed by atoms with van der Waals surface area (Å²) in [6, 6.07) is 5.38. The number of aromatic nitrogens is 2. The Hall–Kier alpha value is -1.95. The van der Waals surface area contributed by atoms with Crippen molar-refractivity contribution in [1.29, 1.82) is 0 Å². The standard InChI is InChI=1S/C15H17BrN4O/c1-3-5-17-11-4-6-18-13(8-11)15(21)20-14-7-10(2)12(16)9-19-14/h4,6-9H,3,5H2,1-2H3,(H,17,18)(H,19,20,21). The van der Waals surface area contributed by atoms with Gasteiger partial charge in [0.2, 0.25) is 0 Å². The second-order valence-electron chi connectivity index (χ2n) is 4.63. The molecule has 0 bridgehead atoms. The first-order valence-electron chi connectivity index (χ1n) is 6.73. The summed E-state index contributed by atoms with van der Waals surface area (Å²) in [7, 11) is 0. The summed E-state index contributed by atoms with van der Waals surface area (Å²) in [4.78, 5) is 20.4. The number of hydrogen-bond acceptors (Lipinski definition) is 4. The van der Waals surface area contributed by atoms with Gasteiger partial charge in [0.25, 0.3) is 5.91 Å². The zero-order chi connectivity index (χ0) is 15.2. The van der Waals surface area contributed by atoms with Crippen LogP contribution in [0, 0.1) is 6.92 Å². The van der Waals surface area contributed by atoms with Gasteiger partial charge in [0.05, 0.1) is 0 Å². The van der Waals surface area contributed by atoms with Crippen molar-refractivity contribution >= 4 is 33.3 Å². The maximum atomic E-state index is 12.2. The van der Waals surface area contributed by atoms with Gasteiger partial charge in [-0.25, -0.2) is 4.98 Å². The minimum absolute atomic E-state index is 0.274. The Labute approximate surface area is 132 Å². The molecule has 110 valence electrons. The van der Waals surface area contributed by atoms with Crippen molar-refractivity contribution in [3.05, 3.63) is 46.3 Å². The second-order valence-corrected chi connectivity index (χ2v) is 5.48. The van der Waals surface area contributed by atoms with Crippen LogP contribution in [0.4, 0.5) is 11.5 Å². The highest BCUT2D eigenvalue weighted by molar-refractivity contribution is 9.10. The number of nitrogens with one attached hydrogen (secondary N) is 2.